The molecule has 0 fully saturated rings. The lowest BCUT2D eigenvalue weighted by molar-refractivity contribution is -0.144. The summed E-state index contributed by atoms with van der Waals surface area (Å²) >= 11 is 0. The van der Waals surface area contributed by atoms with Gasteiger partial charge in [0.15, 0.2) is 0 Å². The molecule has 0 unspecified atom stereocenters. The van der Waals surface area contributed by atoms with E-state index in [2.05, 4.69) is 5.10 Å². The number of rotatable bonds is 3. The summed E-state index contributed by atoms with van der Waals surface area (Å²) in [7, 11) is 1.26. The molecule has 0 saturated heterocycles. The van der Waals surface area contributed by atoms with Crippen LogP contribution in [0.4, 0.5) is 13.2 Å². The average molecular weight is 208 g/mol. The van der Waals surface area contributed by atoms with Crippen molar-refractivity contribution in [2.75, 3.05) is 6.61 Å². The molecule has 0 aliphatic rings. The second-order valence-electron chi connectivity index (χ2n) is 2.97. The number of aromatic nitrogens is 2. The summed E-state index contributed by atoms with van der Waals surface area (Å²) in [6, 6.07) is 0. The van der Waals surface area contributed by atoms with Gasteiger partial charge in [0.1, 0.15) is 5.69 Å². The van der Waals surface area contributed by atoms with E-state index < -0.39 is 11.9 Å². The minimum Gasteiger partial charge on any atom is -0.396 e. The first-order valence-electron chi connectivity index (χ1n) is 4.15. The van der Waals surface area contributed by atoms with Crippen LogP contribution in [0.1, 0.15) is 17.7 Å². The Morgan fingerprint density at radius 3 is 2.64 bits per heavy atom. The number of aliphatic hydroxyl groups is 1. The lowest BCUT2D eigenvalue weighted by Crippen LogP contribution is -2.14. The molecule has 1 aromatic heterocycles. The van der Waals surface area contributed by atoms with E-state index in [1.54, 1.807) is 0 Å². The van der Waals surface area contributed by atoms with Crippen LogP contribution in [0.15, 0.2) is 6.20 Å². The predicted molar refractivity (Wildman–Crippen MR) is 43.6 cm³/mol. The molecule has 0 amide bonds. The van der Waals surface area contributed by atoms with Crippen molar-refractivity contribution in [2.24, 2.45) is 7.05 Å². The molecular weight excluding hydrogens is 197 g/mol. The van der Waals surface area contributed by atoms with Crippen LogP contribution in [0.25, 0.3) is 0 Å². The highest BCUT2D eigenvalue weighted by Gasteiger charge is 2.36. The largest absolute Gasteiger partial charge is 0.433 e. The molecular formula is C8H11F3N2O. The van der Waals surface area contributed by atoms with E-state index in [9.17, 15) is 13.2 Å². The Bertz CT molecular complexity index is 306. The molecule has 0 bridgehead atoms. The molecule has 3 nitrogen and oxygen atoms in total. The Morgan fingerprint density at radius 2 is 2.14 bits per heavy atom. The number of nitrogens with zero attached hydrogens (tertiary/aromatic N) is 2. The van der Waals surface area contributed by atoms with Gasteiger partial charge in [0.2, 0.25) is 0 Å². The van der Waals surface area contributed by atoms with Crippen molar-refractivity contribution in [3.8, 4) is 0 Å². The molecule has 0 radical (unpaired) electrons. The average Bonchev–Trinajstić information content (AvgIpc) is 2.42. The second kappa shape index (κ2) is 4.00. The fraction of sp³-hybridized carbons (Fsp3) is 0.625. The van der Waals surface area contributed by atoms with Gasteiger partial charge in [-0.05, 0) is 12.8 Å². The summed E-state index contributed by atoms with van der Waals surface area (Å²) < 4.78 is 38.2. The summed E-state index contributed by atoms with van der Waals surface area (Å²) in [5, 5.41) is 12.1. The number of hydrogen-bond acceptors (Lipinski definition) is 2. The molecule has 1 N–H and O–H groups in total. The van der Waals surface area contributed by atoms with Gasteiger partial charge in [0.05, 0.1) is 6.20 Å². The van der Waals surface area contributed by atoms with Crippen LogP contribution in [-0.4, -0.2) is 21.5 Å². The maximum Gasteiger partial charge on any atom is 0.433 e. The van der Waals surface area contributed by atoms with E-state index in [1.165, 1.54) is 13.2 Å². The molecule has 0 spiro atoms. The zero-order valence-electron chi connectivity index (χ0n) is 7.67. The maximum atomic E-state index is 12.4. The Hall–Kier alpha value is -1.04. The summed E-state index contributed by atoms with van der Waals surface area (Å²) in [5.41, 5.74) is -0.597. The Balaban J connectivity index is 2.95. The van der Waals surface area contributed by atoms with Crippen LogP contribution in [0.3, 0.4) is 0 Å². The monoisotopic (exact) mass is 208 g/mol. The molecule has 1 heterocycles. The fourth-order valence-corrected chi connectivity index (χ4v) is 1.30. The second-order valence-corrected chi connectivity index (χ2v) is 2.97. The number of aryl methyl sites for hydroxylation is 2. The van der Waals surface area contributed by atoms with Gasteiger partial charge in [-0.1, -0.05) is 0 Å². The first-order chi connectivity index (χ1) is 6.46. The first-order valence-corrected chi connectivity index (χ1v) is 4.15. The lowest BCUT2D eigenvalue weighted by atomic mass is 10.1. The predicted octanol–water partition coefficient (Wildman–Crippen LogP) is 1.36. The van der Waals surface area contributed by atoms with E-state index in [0.717, 1.165) is 4.68 Å². The third-order valence-electron chi connectivity index (χ3n) is 1.89. The smallest absolute Gasteiger partial charge is 0.396 e. The third-order valence-corrected chi connectivity index (χ3v) is 1.89. The highest BCUT2D eigenvalue weighted by atomic mass is 19.4. The van der Waals surface area contributed by atoms with Gasteiger partial charge in [-0.3, -0.25) is 4.68 Å². The number of hydrogen-bond donors (Lipinski definition) is 1. The van der Waals surface area contributed by atoms with Gasteiger partial charge in [0.25, 0.3) is 0 Å². The summed E-state index contributed by atoms with van der Waals surface area (Å²) in [4.78, 5) is 0. The first kappa shape index (κ1) is 11.0. The van der Waals surface area contributed by atoms with Crippen molar-refractivity contribution in [3.05, 3.63) is 17.5 Å². The van der Waals surface area contributed by atoms with Gasteiger partial charge in [-0.25, -0.2) is 0 Å². The number of aliphatic hydroxyl groups excluding tert-OH is 1. The van der Waals surface area contributed by atoms with Crippen molar-refractivity contribution < 1.29 is 18.3 Å². The van der Waals surface area contributed by atoms with E-state index in [-0.39, 0.29) is 18.6 Å². The van der Waals surface area contributed by atoms with Crippen LogP contribution >= 0.6 is 0 Å². The highest BCUT2D eigenvalue weighted by molar-refractivity contribution is 5.20. The van der Waals surface area contributed by atoms with Gasteiger partial charge in [0, 0.05) is 19.2 Å². The standard InChI is InChI=1S/C8H11F3N2O/c1-13-7(8(9,10)11)6(5-12-13)3-2-4-14/h5,14H,2-4H2,1H3. The number of halogens is 3. The molecule has 0 aliphatic heterocycles. The maximum absolute atomic E-state index is 12.4. The molecule has 80 valence electrons. The minimum absolute atomic E-state index is 0.119. The molecule has 0 saturated carbocycles. The fourth-order valence-electron chi connectivity index (χ4n) is 1.30. The van der Waals surface area contributed by atoms with Gasteiger partial charge in [-0.15, -0.1) is 0 Å². The molecule has 0 aliphatic carbocycles. The number of alkyl halides is 3. The van der Waals surface area contributed by atoms with Gasteiger partial charge >= 0.3 is 6.18 Å². The normalized spacial score (nSPS) is 12.1. The van der Waals surface area contributed by atoms with E-state index in [1.807, 2.05) is 0 Å². The Kier molecular flexibility index (Phi) is 3.15. The summed E-state index contributed by atoms with van der Waals surface area (Å²) in [6.07, 6.45) is -2.68. The SMILES string of the molecule is Cn1ncc(CCCO)c1C(F)(F)F. The molecule has 14 heavy (non-hydrogen) atoms. The van der Waals surface area contributed by atoms with Crippen LogP contribution < -0.4 is 0 Å². The van der Waals surface area contributed by atoms with Crippen LogP contribution in [0.5, 0.6) is 0 Å². The molecule has 6 heteroatoms. The Labute approximate surface area is 79.2 Å². The van der Waals surface area contributed by atoms with Crippen molar-refractivity contribution in [1.82, 2.24) is 9.78 Å². The topological polar surface area (TPSA) is 38.0 Å². The van der Waals surface area contributed by atoms with E-state index in [0.29, 0.717) is 6.42 Å². The molecule has 1 rings (SSSR count). The quantitative estimate of drug-likeness (QED) is 0.814. The van der Waals surface area contributed by atoms with Crippen molar-refractivity contribution in [2.45, 2.75) is 19.0 Å². The molecule has 0 aromatic carbocycles. The Morgan fingerprint density at radius 1 is 1.50 bits per heavy atom. The van der Waals surface area contributed by atoms with Gasteiger partial charge in [-0.2, -0.15) is 18.3 Å². The molecule has 1 aromatic rings. The van der Waals surface area contributed by atoms with Crippen LogP contribution in [-0.2, 0) is 19.6 Å². The van der Waals surface area contributed by atoms with Crippen molar-refractivity contribution in [3.63, 3.8) is 0 Å². The highest BCUT2D eigenvalue weighted by Crippen LogP contribution is 2.31. The van der Waals surface area contributed by atoms with Gasteiger partial charge < -0.3 is 5.11 Å². The summed E-state index contributed by atoms with van der Waals surface area (Å²) in [5.74, 6) is 0. The minimum atomic E-state index is -4.38. The zero-order chi connectivity index (χ0) is 10.8. The third kappa shape index (κ3) is 2.25. The zero-order valence-corrected chi connectivity index (χ0v) is 7.67. The van der Waals surface area contributed by atoms with E-state index >= 15 is 0 Å². The van der Waals surface area contributed by atoms with E-state index in [4.69, 9.17) is 5.11 Å². The lowest BCUT2D eigenvalue weighted by Gasteiger charge is -2.09. The van der Waals surface area contributed by atoms with Crippen LogP contribution in [0.2, 0.25) is 0 Å². The van der Waals surface area contributed by atoms with Crippen molar-refractivity contribution >= 4 is 0 Å². The van der Waals surface area contributed by atoms with Crippen molar-refractivity contribution in [1.29, 1.82) is 0 Å². The summed E-state index contributed by atoms with van der Waals surface area (Å²) in [6.45, 7) is -0.119. The van der Waals surface area contributed by atoms with Crippen LogP contribution in [0, 0.1) is 0 Å². The molecule has 0 atom stereocenters.